The molecule has 1 unspecified atom stereocenters. The Bertz CT molecular complexity index is 145. The number of aliphatic hydroxyl groups is 1. The smallest absolute Gasteiger partial charge is 0.0746 e. The summed E-state index contributed by atoms with van der Waals surface area (Å²) in [4.78, 5) is 0. The Labute approximate surface area is 76.5 Å². The summed E-state index contributed by atoms with van der Waals surface area (Å²) in [5.41, 5.74) is 1.30. The minimum Gasteiger partial charge on any atom is -0.389 e. The highest BCUT2D eigenvalue weighted by Crippen LogP contribution is 2.12. The van der Waals surface area contributed by atoms with Crippen LogP contribution < -0.4 is 0 Å². The van der Waals surface area contributed by atoms with Crippen LogP contribution in [0.3, 0.4) is 0 Å². The summed E-state index contributed by atoms with van der Waals surface area (Å²) in [5, 5.41) is 9.53. The van der Waals surface area contributed by atoms with Crippen molar-refractivity contribution in [1.29, 1.82) is 0 Å². The standard InChI is InChI=1S/C11H22O/c1-8(2)6-10(5)7-11(12)9(3)4/h7-9,11-12H,6H2,1-5H3. The van der Waals surface area contributed by atoms with Gasteiger partial charge in [0.1, 0.15) is 0 Å². The maximum atomic E-state index is 9.53. The van der Waals surface area contributed by atoms with Crippen molar-refractivity contribution in [2.24, 2.45) is 11.8 Å². The van der Waals surface area contributed by atoms with E-state index in [-0.39, 0.29) is 6.10 Å². The highest BCUT2D eigenvalue weighted by molar-refractivity contribution is 5.02. The van der Waals surface area contributed by atoms with Crippen molar-refractivity contribution in [1.82, 2.24) is 0 Å². The van der Waals surface area contributed by atoms with Gasteiger partial charge in [-0.2, -0.15) is 0 Å². The van der Waals surface area contributed by atoms with Gasteiger partial charge in [0.2, 0.25) is 0 Å². The maximum absolute atomic E-state index is 9.53. The average Bonchev–Trinajstić information content (AvgIpc) is 1.84. The van der Waals surface area contributed by atoms with Gasteiger partial charge >= 0.3 is 0 Å². The van der Waals surface area contributed by atoms with Gasteiger partial charge in [-0.15, -0.1) is 0 Å². The highest BCUT2D eigenvalue weighted by atomic mass is 16.3. The van der Waals surface area contributed by atoms with E-state index >= 15 is 0 Å². The lowest BCUT2D eigenvalue weighted by molar-refractivity contribution is 0.171. The Kier molecular flexibility index (Phi) is 5.23. The molecular formula is C11H22O. The first kappa shape index (κ1) is 11.7. The summed E-state index contributed by atoms with van der Waals surface area (Å²) in [7, 11) is 0. The molecule has 0 saturated heterocycles. The molecule has 0 saturated carbocycles. The van der Waals surface area contributed by atoms with Crippen molar-refractivity contribution < 1.29 is 5.11 Å². The Morgan fingerprint density at radius 1 is 1.25 bits per heavy atom. The number of allylic oxidation sites excluding steroid dienone is 1. The SMILES string of the molecule is CC(=CC(O)C(C)C)CC(C)C. The third-order valence-corrected chi connectivity index (χ3v) is 1.87. The Morgan fingerprint density at radius 2 is 1.75 bits per heavy atom. The molecule has 0 aromatic rings. The fourth-order valence-corrected chi connectivity index (χ4v) is 1.20. The molecular weight excluding hydrogens is 148 g/mol. The summed E-state index contributed by atoms with van der Waals surface area (Å²) < 4.78 is 0. The minimum atomic E-state index is -0.274. The van der Waals surface area contributed by atoms with Crippen LogP contribution in [0.25, 0.3) is 0 Å². The second-order valence-electron chi connectivity index (χ2n) is 4.35. The van der Waals surface area contributed by atoms with E-state index in [9.17, 15) is 5.11 Å². The zero-order valence-corrected chi connectivity index (χ0v) is 8.96. The van der Waals surface area contributed by atoms with E-state index in [2.05, 4.69) is 20.8 Å². The van der Waals surface area contributed by atoms with Crippen molar-refractivity contribution in [2.75, 3.05) is 0 Å². The van der Waals surface area contributed by atoms with E-state index in [0.29, 0.717) is 11.8 Å². The third-order valence-electron chi connectivity index (χ3n) is 1.87. The summed E-state index contributed by atoms with van der Waals surface area (Å²) in [6.45, 7) is 10.5. The molecule has 12 heavy (non-hydrogen) atoms. The first-order valence-electron chi connectivity index (χ1n) is 4.78. The predicted molar refractivity (Wildman–Crippen MR) is 54.1 cm³/mol. The number of rotatable bonds is 4. The fraction of sp³-hybridized carbons (Fsp3) is 0.818. The van der Waals surface area contributed by atoms with Crippen LogP contribution in [0.5, 0.6) is 0 Å². The molecule has 0 rings (SSSR count). The molecule has 0 aliphatic heterocycles. The Balaban J connectivity index is 3.97. The molecule has 0 spiro atoms. The topological polar surface area (TPSA) is 20.2 Å². The van der Waals surface area contributed by atoms with Gasteiger partial charge in [0.05, 0.1) is 6.10 Å². The summed E-state index contributed by atoms with van der Waals surface area (Å²) in [6, 6.07) is 0. The molecule has 0 fully saturated rings. The lowest BCUT2D eigenvalue weighted by atomic mass is 9.99. The van der Waals surface area contributed by atoms with Gasteiger partial charge in [0.15, 0.2) is 0 Å². The first-order chi connectivity index (χ1) is 5.43. The van der Waals surface area contributed by atoms with Gasteiger partial charge in [-0.25, -0.2) is 0 Å². The summed E-state index contributed by atoms with van der Waals surface area (Å²) >= 11 is 0. The molecule has 0 heterocycles. The van der Waals surface area contributed by atoms with Gasteiger partial charge in [-0.3, -0.25) is 0 Å². The van der Waals surface area contributed by atoms with Gasteiger partial charge in [0.25, 0.3) is 0 Å². The van der Waals surface area contributed by atoms with E-state index < -0.39 is 0 Å². The fourth-order valence-electron chi connectivity index (χ4n) is 1.20. The van der Waals surface area contributed by atoms with Crippen LogP contribution in [-0.2, 0) is 0 Å². The van der Waals surface area contributed by atoms with E-state index in [1.54, 1.807) is 0 Å². The van der Waals surface area contributed by atoms with Gasteiger partial charge in [-0.1, -0.05) is 39.3 Å². The molecule has 0 bridgehead atoms. The van der Waals surface area contributed by atoms with Gasteiger partial charge in [0, 0.05) is 0 Å². The maximum Gasteiger partial charge on any atom is 0.0746 e. The molecule has 0 aliphatic carbocycles. The van der Waals surface area contributed by atoms with Crippen molar-refractivity contribution in [3.63, 3.8) is 0 Å². The zero-order valence-electron chi connectivity index (χ0n) is 8.96. The monoisotopic (exact) mass is 170 g/mol. The van der Waals surface area contributed by atoms with Gasteiger partial charge in [-0.05, 0) is 25.2 Å². The van der Waals surface area contributed by atoms with Crippen molar-refractivity contribution in [3.05, 3.63) is 11.6 Å². The largest absolute Gasteiger partial charge is 0.389 e. The van der Waals surface area contributed by atoms with E-state index in [1.807, 2.05) is 19.9 Å². The summed E-state index contributed by atoms with van der Waals surface area (Å²) in [5.74, 6) is 1.01. The molecule has 1 nitrogen and oxygen atoms in total. The molecule has 0 amide bonds. The Hall–Kier alpha value is -0.300. The zero-order chi connectivity index (χ0) is 9.72. The molecule has 0 aliphatic rings. The van der Waals surface area contributed by atoms with E-state index in [4.69, 9.17) is 0 Å². The van der Waals surface area contributed by atoms with Crippen molar-refractivity contribution in [3.8, 4) is 0 Å². The Morgan fingerprint density at radius 3 is 2.08 bits per heavy atom. The van der Waals surface area contributed by atoms with Crippen LogP contribution in [0.15, 0.2) is 11.6 Å². The number of hydrogen-bond acceptors (Lipinski definition) is 1. The molecule has 72 valence electrons. The van der Waals surface area contributed by atoms with Crippen molar-refractivity contribution >= 4 is 0 Å². The van der Waals surface area contributed by atoms with Crippen LogP contribution in [0, 0.1) is 11.8 Å². The van der Waals surface area contributed by atoms with E-state index in [0.717, 1.165) is 6.42 Å². The molecule has 0 radical (unpaired) electrons. The molecule has 1 N–H and O–H groups in total. The average molecular weight is 170 g/mol. The number of aliphatic hydroxyl groups excluding tert-OH is 1. The quantitative estimate of drug-likeness (QED) is 0.643. The van der Waals surface area contributed by atoms with E-state index in [1.165, 1.54) is 5.57 Å². The summed E-state index contributed by atoms with van der Waals surface area (Å²) in [6.07, 6.45) is 2.79. The third kappa shape index (κ3) is 5.36. The minimum absolute atomic E-state index is 0.274. The molecule has 1 atom stereocenters. The lowest BCUT2D eigenvalue weighted by Crippen LogP contribution is -2.11. The molecule has 1 heteroatoms. The second kappa shape index (κ2) is 5.36. The van der Waals surface area contributed by atoms with Crippen LogP contribution in [-0.4, -0.2) is 11.2 Å². The van der Waals surface area contributed by atoms with Crippen LogP contribution in [0.2, 0.25) is 0 Å². The van der Waals surface area contributed by atoms with Crippen molar-refractivity contribution in [2.45, 2.75) is 47.1 Å². The lowest BCUT2D eigenvalue weighted by Gasteiger charge is -2.12. The second-order valence-corrected chi connectivity index (χ2v) is 4.35. The van der Waals surface area contributed by atoms with Gasteiger partial charge < -0.3 is 5.11 Å². The van der Waals surface area contributed by atoms with Crippen LogP contribution in [0.4, 0.5) is 0 Å². The first-order valence-corrected chi connectivity index (χ1v) is 4.78. The highest BCUT2D eigenvalue weighted by Gasteiger charge is 2.06. The normalized spacial score (nSPS) is 15.8. The predicted octanol–water partition coefficient (Wildman–Crippen LogP) is 3.00. The molecule has 0 aromatic heterocycles. The van der Waals surface area contributed by atoms with Crippen LogP contribution >= 0.6 is 0 Å². The van der Waals surface area contributed by atoms with Crippen LogP contribution in [0.1, 0.15) is 41.0 Å². The molecule has 0 aromatic carbocycles. The number of hydrogen-bond donors (Lipinski definition) is 1.